The van der Waals surface area contributed by atoms with E-state index in [2.05, 4.69) is 6.92 Å². The van der Waals surface area contributed by atoms with Crippen molar-refractivity contribution in [2.24, 2.45) is 0 Å². The fourth-order valence-electron chi connectivity index (χ4n) is 2.99. The van der Waals surface area contributed by atoms with Gasteiger partial charge in [-0.25, -0.2) is 0 Å². The van der Waals surface area contributed by atoms with E-state index < -0.39 is 0 Å². The van der Waals surface area contributed by atoms with Crippen LogP contribution in [0.25, 0.3) is 0 Å². The zero-order valence-electron chi connectivity index (χ0n) is 16.7. The molecule has 2 N–H and O–H groups in total. The van der Waals surface area contributed by atoms with Crippen molar-refractivity contribution in [2.45, 2.75) is 123 Å². The highest BCUT2D eigenvalue weighted by atomic mass is 16.5. The molecule has 146 valence electrons. The molecule has 2 radical (unpaired) electrons. The van der Waals surface area contributed by atoms with Crippen LogP contribution in [0.3, 0.4) is 0 Å². The van der Waals surface area contributed by atoms with Crippen LogP contribution in [0, 0.1) is 0 Å². The van der Waals surface area contributed by atoms with Crippen molar-refractivity contribution in [3.63, 3.8) is 0 Å². The van der Waals surface area contributed by atoms with Crippen molar-refractivity contribution < 1.29 is 9.84 Å². The average molecular weight is 344 g/mol. The number of rotatable bonds is 19. The third-order valence-electron chi connectivity index (χ3n) is 4.66. The van der Waals surface area contributed by atoms with E-state index in [1.807, 2.05) is 6.92 Å². The van der Waals surface area contributed by atoms with Crippen molar-refractivity contribution in [3.05, 3.63) is 0 Å². The van der Waals surface area contributed by atoms with Gasteiger partial charge in [-0.2, -0.15) is 6.15 Å². The first-order chi connectivity index (χ1) is 11.3. The van der Waals surface area contributed by atoms with Gasteiger partial charge in [0, 0.05) is 6.61 Å². The van der Waals surface area contributed by atoms with Crippen LogP contribution in [0.1, 0.15) is 117 Å². The van der Waals surface area contributed by atoms with E-state index in [9.17, 15) is 0 Å². The monoisotopic (exact) mass is 343 g/mol. The molecule has 0 aliphatic carbocycles. The molecule has 0 aromatic rings. The van der Waals surface area contributed by atoms with Crippen molar-refractivity contribution >= 4 is 0 Å². The molecule has 1 atom stereocenters. The van der Waals surface area contributed by atoms with Crippen molar-refractivity contribution in [1.82, 2.24) is 6.15 Å². The van der Waals surface area contributed by atoms with E-state index in [0.29, 0.717) is 0 Å². The highest BCUT2D eigenvalue weighted by Crippen LogP contribution is 2.13. The van der Waals surface area contributed by atoms with E-state index in [4.69, 9.17) is 9.84 Å². The molecule has 0 rings (SSSR count). The normalized spacial score (nSPS) is 12.1. The van der Waals surface area contributed by atoms with Gasteiger partial charge in [0.25, 0.3) is 0 Å². The minimum atomic E-state index is 0. The third kappa shape index (κ3) is 21.9. The van der Waals surface area contributed by atoms with Gasteiger partial charge < -0.3 is 9.84 Å². The topological polar surface area (TPSA) is 61.5 Å². The number of ether oxygens (including phenoxy) is 1. The first kappa shape index (κ1) is 26.1. The standard InChI is InChI=1S/C21H44O2.HN/c1-3-4-5-6-7-8-9-10-11-12-13-14-15-16-17-18-19-23-21(2)20-22;/h21-22H,3-20H2,1-2H3;1H. The maximum Gasteiger partial charge on any atom is 0.0777 e. The molecule has 1 unspecified atom stereocenters. The molecule has 0 fully saturated rings. The first-order valence-electron chi connectivity index (χ1n) is 10.5. The average Bonchev–Trinajstić information content (AvgIpc) is 2.57. The van der Waals surface area contributed by atoms with Gasteiger partial charge in [0.15, 0.2) is 0 Å². The van der Waals surface area contributed by atoms with E-state index >= 15 is 0 Å². The van der Waals surface area contributed by atoms with Gasteiger partial charge in [-0.1, -0.05) is 103 Å². The Balaban J connectivity index is 0. The Hall–Kier alpha value is -0.120. The third-order valence-corrected chi connectivity index (χ3v) is 4.66. The van der Waals surface area contributed by atoms with Crippen LogP contribution in [0.5, 0.6) is 0 Å². The summed E-state index contributed by atoms with van der Waals surface area (Å²) in [5, 5.41) is 8.84. The molecule has 24 heavy (non-hydrogen) atoms. The minimum Gasteiger partial charge on any atom is -0.394 e. The highest BCUT2D eigenvalue weighted by molar-refractivity contribution is 4.50. The molecule has 3 nitrogen and oxygen atoms in total. The zero-order valence-corrected chi connectivity index (χ0v) is 16.7. The second-order valence-electron chi connectivity index (χ2n) is 7.17. The molecule has 0 aliphatic heterocycles. The van der Waals surface area contributed by atoms with Crippen LogP contribution < -0.4 is 6.15 Å². The maximum atomic E-state index is 8.84. The van der Waals surface area contributed by atoms with Crippen molar-refractivity contribution in [2.75, 3.05) is 13.2 Å². The lowest BCUT2D eigenvalue weighted by molar-refractivity contribution is 0.0231. The van der Waals surface area contributed by atoms with Gasteiger partial charge in [0.2, 0.25) is 0 Å². The Labute approximate surface area is 152 Å². The largest absolute Gasteiger partial charge is 0.394 e. The number of aliphatic hydroxyl groups excluding tert-OH is 1. The fourth-order valence-corrected chi connectivity index (χ4v) is 2.99. The molecule has 0 aliphatic rings. The predicted octanol–water partition coefficient (Wildman–Crippen LogP) is 6.38. The summed E-state index contributed by atoms with van der Waals surface area (Å²) < 4.78 is 5.46. The molecular weight excluding hydrogens is 298 g/mol. The Morgan fingerprint density at radius 2 is 0.958 bits per heavy atom. The van der Waals surface area contributed by atoms with E-state index in [1.54, 1.807) is 0 Å². The van der Waals surface area contributed by atoms with Crippen LogP contribution in [0.15, 0.2) is 0 Å². The second kappa shape index (κ2) is 22.9. The molecule has 0 saturated heterocycles. The van der Waals surface area contributed by atoms with Gasteiger partial charge >= 0.3 is 0 Å². The molecule has 0 amide bonds. The Kier molecular flexibility index (Phi) is 24.9. The molecule has 0 heterocycles. The van der Waals surface area contributed by atoms with E-state index in [1.165, 1.54) is 96.3 Å². The predicted molar refractivity (Wildman–Crippen MR) is 105 cm³/mol. The Morgan fingerprint density at radius 3 is 1.29 bits per heavy atom. The van der Waals surface area contributed by atoms with Gasteiger partial charge in [-0.15, -0.1) is 0 Å². The van der Waals surface area contributed by atoms with Crippen LogP contribution in [-0.4, -0.2) is 24.4 Å². The van der Waals surface area contributed by atoms with Gasteiger partial charge in [0.05, 0.1) is 12.7 Å². The van der Waals surface area contributed by atoms with Crippen LogP contribution in [0.2, 0.25) is 0 Å². The smallest absolute Gasteiger partial charge is 0.0777 e. The van der Waals surface area contributed by atoms with Gasteiger partial charge in [0.1, 0.15) is 0 Å². The Bertz CT molecular complexity index is 212. The summed E-state index contributed by atoms with van der Waals surface area (Å²) in [6.45, 7) is 5.15. The zero-order chi connectivity index (χ0) is 17.0. The summed E-state index contributed by atoms with van der Waals surface area (Å²) in [6, 6.07) is 0. The fraction of sp³-hybridized carbons (Fsp3) is 1.00. The van der Waals surface area contributed by atoms with Crippen LogP contribution in [0.4, 0.5) is 0 Å². The lowest BCUT2D eigenvalue weighted by Gasteiger charge is -2.09. The van der Waals surface area contributed by atoms with E-state index in [0.717, 1.165) is 13.0 Å². The van der Waals surface area contributed by atoms with Crippen LogP contribution in [-0.2, 0) is 4.74 Å². The number of hydrogen-bond donors (Lipinski definition) is 1. The van der Waals surface area contributed by atoms with Gasteiger partial charge in [-0.05, 0) is 13.3 Å². The molecule has 0 aromatic carbocycles. The molecule has 0 bridgehead atoms. The second-order valence-corrected chi connectivity index (χ2v) is 7.17. The summed E-state index contributed by atoms with van der Waals surface area (Å²) in [5.74, 6) is 0. The summed E-state index contributed by atoms with van der Waals surface area (Å²) >= 11 is 0. The Morgan fingerprint density at radius 1 is 0.625 bits per heavy atom. The van der Waals surface area contributed by atoms with E-state index in [-0.39, 0.29) is 18.9 Å². The quantitative estimate of drug-likeness (QED) is 0.277. The summed E-state index contributed by atoms with van der Waals surface area (Å²) in [5.41, 5.74) is 0. The number of unbranched alkanes of at least 4 members (excludes halogenated alkanes) is 15. The first-order valence-corrected chi connectivity index (χ1v) is 10.5. The summed E-state index contributed by atoms with van der Waals surface area (Å²) in [4.78, 5) is 0. The minimum absolute atomic E-state index is 0. The lowest BCUT2D eigenvalue weighted by atomic mass is 10.0. The SMILES string of the molecule is CCCCCCCCCCCCCCCCCCOC(C)CO.[NH]. The van der Waals surface area contributed by atoms with Crippen LogP contribution >= 0.6 is 0 Å². The summed E-state index contributed by atoms with van der Waals surface area (Å²) in [6.07, 6.45) is 22.4. The number of aliphatic hydroxyl groups is 1. The summed E-state index contributed by atoms with van der Waals surface area (Å²) in [7, 11) is 0. The number of hydrogen-bond acceptors (Lipinski definition) is 2. The van der Waals surface area contributed by atoms with Crippen molar-refractivity contribution in [3.8, 4) is 0 Å². The maximum absolute atomic E-state index is 8.84. The lowest BCUT2D eigenvalue weighted by Crippen LogP contribution is -2.13. The van der Waals surface area contributed by atoms with Gasteiger partial charge in [-0.3, -0.25) is 0 Å². The molecule has 0 spiro atoms. The molecular formula is C21H45NO2. The van der Waals surface area contributed by atoms with Crippen molar-refractivity contribution in [1.29, 1.82) is 0 Å². The highest BCUT2D eigenvalue weighted by Gasteiger charge is 1.98. The molecule has 0 aromatic heterocycles. The molecule has 3 heteroatoms. The number of nitrogens with one attached hydrogen (secondary N) is 1. The molecule has 0 saturated carbocycles.